The first kappa shape index (κ1) is 14.8. The van der Waals surface area contributed by atoms with Crippen LogP contribution in [0.3, 0.4) is 0 Å². The second-order valence-electron chi connectivity index (χ2n) is 3.47. The van der Waals surface area contributed by atoms with Crippen molar-refractivity contribution in [1.29, 1.82) is 0 Å². The summed E-state index contributed by atoms with van der Waals surface area (Å²) in [6.07, 6.45) is -4.53. The molecule has 104 valence electrons. The van der Waals surface area contributed by atoms with Gasteiger partial charge in [-0.3, -0.25) is 4.79 Å². The zero-order valence-electron chi connectivity index (χ0n) is 9.88. The molecule has 0 spiro atoms. The summed E-state index contributed by atoms with van der Waals surface area (Å²) in [4.78, 5) is 22.3. The van der Waals surface area contributed by atoms with Crippen molar-refractivity contribution in [1.82, 2.24) is 0 Å². The molecular weight excluding hydrogens is 265 g/mol. The highest BCUT2D eigenvalue weighted by molar-refractivity contribution is 6.37. The highest BCUT2D eigenvalue weighted by atomic mass is 19.4. The van der Waals surface area contributed by atoms with Gasteiger partial charge in [-0.2, -0.15) is 13.2 Å². The van der Waals surface area contributed by atoms with Gasteiger partial charge in [0.25, 0.3) is 0 Å². The van der Waals surface area contributed by atoms with Crippen molar-refractivity contribution in [3.8, 4) is 0 Å². The highest BCUT2D eigenvalue weighted by Crippen LogP contribution is 2.32. The van der Waals surface area contributed by atoms with Gasteiger partial charge in [-0.1, -0.05) is 0 Å². The number of carbonyl (C=O) groups is 2. The second kappa shape index (κ2) is 5.59. The Hall–Kier alpha value is -2.25. The molecule has 0 atom stereocenters. The molecule has 1 aromatic rings. The molecule has 0 fully saturated rings. The molecular formula is C11H11F3N2O3. The molecule has 0 aliphatic heterocycles. The van der Waals surface area contributed by atoms with E-state index in [0.717, 1.165) is 12.1 Å². The summed E-state index contributed by atoms with van der Waals surface area (Å²) < 4.78 is 41.5. The van der Waals surface area contributed by atoms with Crippen LogP contribution in [0.4, 0.5) is 24.5 Å². The van der Waals surface area contributed by atoms with E-state index in [-0.39, 0.29) is 18.0 Å². The number of nitrogens with two attached hydrogens (primary N) is 1. The minimum atomic E-state index is -4.53. The molecule has 0 aromatic heterocycles. The number of benzene rings is 1. The lowest BCUT2D eigenvalue weighted by molar-refractivity contribution is -0.152. The van der Waals surface area contributed by atoms with Crippen LogP contribution in [0.15, 0.2) is 18.2 Å². The predicted molar refractivity (Wildman–Crippen MR) is 61.1 cm³/mol. The van der Waals surface area contributed by atoms with E-state index in [1.165, 1.54) is 6.92 Å². The number of alkyl halides is 3. The summed E-state index contributed by atoms with van der Waals surface area (Å²) >= 11 is 0. The molecule has 0 unspecified atom stereocenters. The number of nitrogen functional groups attached to an aromatic ring is 1. The SMILES string of the molecule is CCOC(=O)C(=O)Nc1ccc(C(F)(F)F)cc1N. The Balaban J connectivity index is 2.87. The number of hydrogen-bond donors (Lipinski definition) is 2. The number of halogens is 3. The summed E-state index contributed by atoms with van der Waals surface area (Å²) in [7, 11) is 0. The molecule has 0 heterocycles. The normalized spacial score (nSPS) is 10.9. The van der Waals surface area contributed by atoms with Gasteiger partial charge in [-0.05, 0) is 25.1 Å². The van der Waals surface area contributed by atoms with Crippen LogP contribution in [0.5, 0.6) is 0 Å². The van der Waals surface area contributed by atoms with Crippen LogP contribution in [0.25, 0.3) is 0 Å². The fourth-order valence-corrected chi connectivity index (χ4v) is 1.22. The number of anilines is 2. The fraction of sp³-hybridized carbons (Fsp3) is 0.273. The van der Waals surface area contributed by atoms with E-state index < -0.39 is 23.6 Å². The Morgan fingerprint density at radius 3 is 2.47 bits per heavy atom. The van der Waals surface area contributed by atoms with Gasteiger partial charge >= 0.3 is 18.1 Å². The minimum absolute atomic E-state index is 0.00868. The largest absolute Gasteiger partial charge is 0.459 e. The van der Waals surface area contributed by atoms with Gasteiger partial charge < -0.3 is 15.8 Å². The van der Waals surface area contributed by atoms with Crippen LogP contribution >= 0.6 is 0 Å². The minimum Gasteiger partial charge on any atom is -0.459 e. The van der Waals surface area contributed by atoms with Crippen LogP contribution < -0.4 is 11.1 Å². The third-order valence-electron chi connectivity index (χ3n) is 2.09. The number of amides is 1. The Kier molecular flexibility index (Phi) is 4.36. The van der Waals surface area contributed by atoms with Gasteiger partial charge in [0.15, 0.2) is 0 Å². The van der Waals surface area contributed by atoms with Crippen molar-refractivity contribution in [2.45, 2.75) is 13.1 Å². The van der Waals surface area contributed by atoms with E-state index in [2.05, 4.69) is 10.1 Å². The number of ether oxygens (including phenoxy) is 1. The Morgan fingerprint density at radius 1 is 1.37 bits per heavy atom. The van der Waals surface area contributed by atoms with Gasteiger partial charge in [-0.25, -0.2) is 4.79 Å². The fourth-order valence-electron chi connectivity index (χ4n) is 1.22. The van der Waals surface area contributed by atoms with E-state index in [4.69, 9.17) is 5.73 Å². The molecule has 3 N–H and O–H groups in total. The molecule has 0 saturated heterocycles. The van der Waals surface area contributed by atoms with Crippen molar-refractivity contribution in [3.05, 3.63) is 23.8 Å². The van der Waals surface area contributed by atoms with E-state index in [0.29, 0.717) is 6.07 Å². The highest BCUT2D eigenvalue weighted by Gasteiger charge is 2.31. The summed E-state index contributed by atoms with van der Waals surface area (Å²) in [6.45, 7) is 1.52. The number of hydrogen-bond acceptors (Lipinski definition) is 4. The van der Waals surface area contributed by atoms with Crippen LogP contribution in [-0.2, 0) is 20.5 Å². The first-order valence-corrected chi connectivity index (χ1v) is 5.20. The lowest BCUT2D eigenvalue weighted by Gasteiger charge is -2.11. The zero-order chi connectivity index (χ0) is 14.6. The number of esters is 1. The van der Waals surface area contributed by atoms with E-state index >= 15 is 0 Å². The molecule has 19 heavy (non-hydrogen) atoms. The van der Waals surface area contributed by atoms with Crippen molar-refractivity contribution >= 4 is 23.3 Å². The van der Waals surface area contributed by atoms with Crippen LogP contribution in [0.2, 0.25) is 0 Å². The number of rotatable bonds is 2. The van der Waals surface area contributed by atoms with Crippen LogP contribution in [0.1, 0.15) is 12.5 Å². The van der Waals surface area contributed by atoms with Crippen molar-refractivity contribution in [3.63, 3.8) is 0 Å². The summed E-state index contributed by atoms with van der Waals surface area (Å²) in [5.41, 5.74) is 4.04. The first-order chi connectivity index (χ1) is 8.75. The van der Waals surface area contributed by atoms with Crippen molar-refractivity contribution < 1.29 is 27.5 Å². The summed E-state index contributed by atoms with van der Waals surface area (Å²) in [5.74, 6) is -2.24. The third kappa shape index (κ3) is 3.87. The number of nitrogens with one attached hydrogen (secondary N) is 1. The zero-order valence-corrected chi connectivity index (χ0v) is 9.88. The molecule has 0 bridgehead atoms. The molecule has 0 aliphatic rings. The molecule has 8 heteroatoms. The molecule has 0 radical (unpaired) electrons. The van der Waals surface area contributed by atoms with Gasteiger partial charge in [0.2, 0.25) is 0 Å². The van der Waals surface area contributed by atoms with Gasteiger partial charge in [0.05, 0.1) is 23.5 Å². The third-order valence-corrected chi connectivity index (χ3v) is 2.09. The predicted octanol–water partition coefficient (Wildman–Crippen LogP) is 1.79. The van der Waals surface area contributed by atoms with Crippen molar-refractivity contribution in [2.75, 3.05) is 17.7 Å². The maximum absolute atomic E-state index is 12.4. The molecule has 5 nitrogen and oxygen atoms in total. The lowest BCUT2D eigenvalue weighted by Crippen LogP contribution is -2.25. The van der Waals surface area contributed by atoms with Gasteiger partial charge in [0.1, 0.15) is 0 Å². The Bertz CT molecular complexity index is 500. The average molecular weight is 276 g/mol. The standard InChI is InChI=1S/C11H11F3N2O3/c1-2-19-10(18)9(17)16-8-4-3-6(5-7(8)15)11(12,13)14/h3-5H,2,15H2,1H3,(H,16,17). The maximum atomic E-state index is 12.4. The van der Waals surface area contributed by atoms with Crippen LogP contribution in [-0.4, -0.2) is 18.5 Å². The van der Waals surface area contributed by atoms with Gasteiger partial charge in [0, 0.05) is 0 Å². The maximum Gasteiger partial charge on any atom is 0.416 e. The second-order valence-corrected chi connectivity index (χ2v) is 3.47. The molecule has 1 aromatic carbocycles. The van der Waals surface area contributed by atoms with E-state index in [1.54, 1.807) is 0 Å². The van der Waals surface area contributed by atoms with E-state index in [1.807, 2.05) is 0 Å². The molecule has 1 rings (SSSR count). The average Bonchev–Trinajstić information content (AvgIpc) is 2.30. The lowest BCUT2D eigenvalue weighted by atomic mass is 10.1. The molecule has 0 aliphatic carbocycles. The summed E-state index contributed by atoms with van der Waals surface area (Å²) in [5, 5.41) is 2.07. The van der Waals surface area contributed by atoms with Crippen LogP contribution in [0, 0.1) is 0 Å². The first-order valence-electron chi connectivity index (χ1n) is 5.20. The monoisotopic (exact) mass is 276 g/mol. The smallest absolute Gasteiger partial charge is 0.416 e. The molecule has 0 saturated carbocycles. The Morgan fingerprint density at radius 2 is 2.00 bits per heavy atom. The quantitative estimate of drug-likeness (QED) is 0.490. The van der Waals surface area contributed by atoms with E-state index in [9.17, 15) is 22.8 Å². The number of carbonyl (C=O) groups excluding carboxylic acids is 2. The molecule has 1 amide bonds. The Labute approximate surface area is 106 Å². The summed E-state index contributed by atoms with van der Waals surface area (Å²) in [6, 6.07) is 2.38. The topological polar surface area (TPSA) is 81.4 Å². The van der Waals surface area contributed by atoms with Gasteiger partial charge in [-0.15, -0.1) is 0 Å². The van der Waals surface area contributed by atoms with Crippen molar-refractivity contribution in [2.24, 2.45) is 0 Å².